The summed E-state index contributed by atoms with van der Waals surface area (Å²) in [7, 11) is 1.53. The van der Waals surface area contributed by atoms with Crippen molar-refractivity contribution in [3.8, 4) is 5.75 Å². The average molecular weight is 367 g/mol. The molecule has 0 aromatic heterocycles. The van der Waals surface area contributed by atoms with E-state index in [1.54, 1.807) is 42.5 Å². The van der Waals surface area contributed by atoms with Crippen LogP contribution in [0, 0.1) is 0 Å². The van der Waals surface area contributed by atoms with E-state index in [1.807, 2.05) is 12.1 Å². The maximum absolute atomic E-state index is 12.2. The number of carbonyl (C=O) groups excluding carboxylic acids is 3. The molecule has 2 aromatic carbocycles. The first-order chi connectivity index (χ1) is 13.1. The van der Waals surface area contributed by atoms with Crippen LogP contribution in [0.4, 0.5) is 5.69 Å². The molecule has 3 N–H and O–H groups in total. The number of methoxy groups -OCH3 is 1. The van der Waals surface area contributed by atoms with Gasteiger partial charge < -0.3 is 20.7 Å². The summed E-state index contributed by atoms with van der Waals surface area (Å²) in [5, 5.41) is 7.62. The Kier molecular flexibility index (Phi) is 7.13. The summed E-state index contributed by atoms with van der Waals surface area (Å²) in [5.41, 5.74) is 1.24. The van der Waals surface area contributed by atoms with E-state index in [-0.39, 0.29) is 23.7 Å². The number of hydrogen-bond donors (Lipinski definition) is 3. The molecule has 7 heteroatoms. The van der Waals surface area contributed by atoms with Crippen molar-refractivity contribution < 1.29 is 19.1 Å². The molecule has 0 atom stereocenters. The zero-order valence-corrected chi connectivity index (χ0v) is 15.0. The lowest BCUT2D eigenvalue weighted by atomic mass is 10.1. The average Bonchev–Trinajstić information content (AvgIpc) is 2.70. The van der Waals surface area contributed by atoms with Gasteiger partial charge in [0.2, 0.25) is 0 Å². The quantitative estimate of drug-likeness (QED) is 0.514. The highest BCUT2D eigenvalue weighted by Gasteiger charge is 2.17. The van der Waals surface area contributed by atoms with Crippen molar-refractivity contribution in [2.45, 2.75) is 6.54 Å². The number of nitrogens with one attached hydrogen (secondary N) is 3. The van der Waals surface area contributed by atoms with Gasteiger partial charge in [0.25, 0.3) is 5.91 Å². The van der Waals surface area contributed by atoms with E-state index < -0.39 is 11.8 Å². The first kappa shape index (κ1) is 19.7. The fourth-order valence-electron chi connectivity index (χ4n) is 2.33. The Morgan fingerprint density at radius 3 is 2.44 bits per heavy atom. The van der Waals surface area contributed by atoms with Crippen LogP contribution in [0.25, 0.3) is 0 Å². The van der Waals surface area contributed by atoms with Crippen LogP contribution in [-0.2, 0) is 16.1 Å². The van der Waals surface area contributed by atoms with Gasteiger partial charge in [0, 0.05) is 18.7 Å². The van der Waals surface area contributed by atoms with Crippen molar-refractivity contribution in [3.63, 3.8) is 0 Å². The molecular weight excluding hydrogens is 346 g/mol. The first-order valence-corrected chi connectivity index (χ1v) is 8.26. The third-order valence-electron chi connectivity index (χ3n) is 3.66. The van der Waals surface area contributed by atoms with Gasteiger partial charge in [-0.05, 0) is 18.2 Å². The monoisotopic (exact) mass is 367 g/mol. The van der Waals surface area contributed by atoms with Gasteiger partial charge in [-0.25, -0.2) is 0 Å². The van der Waals surface area contributed by atoms with Crippen LogP contribution in [0.5, 0.6) is 5.75 Å². The second-order valence-electron chi connectivity index (χ2n) is 5.49. The minimum Gasteiger partial charge on any atom is -0.496 e. The van der Waals surface area contributed by atoms with Crippen molar-refractivity contribution in [1.82, 2.24) is 10.6 Å². The fraction of sp³-hybridized carbons (Fsp3) is 0.150. The van der Waals surface area contributed by atoms with Crippen molar-refractivity contribution in [1.29, 1.82) is 0 Å². The lowest BCUT2D eigenvalue weighted by molar-refractivity contribution is -0.136. The maximum Gasteiger partial charge on any atom is 0.313 e. The standard InChI is InChI=1S/C20H21N3O4/c1-3-12-21-18(24)15-9-5-6-10-16(15)23-20(26)19(25)22-13-14-8-4-7-11-17(14)27-2/h3-11H,1,12-13H2,2H3,(H,21,24)(H,22,25)(H,23,26). The van der Waals surface area contributed by atoms with Crippen molar-refractivity contribution >= 4 is 23.4 Å². The van der Waals surface area contributed by atoms with E-state index in [0.29, 0.717) is 12.3 Å². The summed E-state index contributed by atoms with van der Waals surface area (Å²) in [6.45, 7) is 3.96. The Balaban J connectivity index is 2.01. The van der Waals surface area contributed by atoms with E-state index in [4.69, 9.17) is 4.74 Å². The van der Waals surface area contributed by atoms with E-state index in [2.05, 4.69) is 22.5 Å². The van der Waals surface area contributed by atoms with Crippen molar-refractivity contribution in [2.24, 2.45) is 0 Å². The summed E-state index contributed by atoms with van der Waals surface area (Å²) in [6, 6.07) is 13.6. The van der Waals surface area contributed by atoms with Crippen LogP contribution in [0.2, 0.25) is 0 Å². The third kappa shape index (κ3) is 5.43. The van der Waals surface area contributed by atoms with Gasteiger partial charge in [-0.2, -0.15) is 0 Å². The molecule has 0 fully saturated rings. The summed E-state index contributed by atoms with van der Waals surface area (Å²) in [5.74, 6) is -1.45. The molecule has 0 heterocycles. The number of rotatable bonds is 7. The molecule has 3 amide bonds. The molecule has 0 unspecified atom stereocenters. The van der Waals surface area contributed by atoms with Gasteiger partial charge in [0.1, 0.15) is 5.75 Å². The first-order valence-electron chi connectivity index (χ1n) is 8.26. The van der Waals surface area contributed by atoms with E-state index in [0.717, 1.165) is 5.56 Å². The molecule has 0 aliphatic rings. The molecule has 2 aromatic rings. The minimum atomic E-state index is -0.867. The molecular formula is C20H21N3O4. The summed E-state index contributed by atoms with van der Waals surface area (Å²) >= 11 is 0. The Morgan fingerprint density at radius 2 is 1.70 bits per heavy atom. The van der Waals surface area contributed by atoms with Crippen molar-refractivity contribution in [2.75, 3.05) is 19.0 Å². The highest BCUT2D eigenvalue weighted by molar-refractivity contribution is 6.40. The predicted molar refractivity (Wildman–Crippen MR) is 102 cm³/mol. The Morgan fingerprint density at radius 1 is 1.00 bits per heavy atom. The predicted octanol–water partition coefficient (Wildman–Crippen LogP) is 1.87. The Labute approximate surface area is 157 Å². The number of amides is 3. The van der Waals surface area contributed by atoms with E-state index in [9.17, 15) is 14.4 Å². The summed E-state index contributed by atoms with van der Waals surface area (Å²) in [6.07, 6.45) is 1.55. The molecule has 0 spiro atoms. The number of anilines is 1. The zero-order valence-electron chi connectivity index (χ0n) is 15.0. The summed E-state index contributed by atoms with van der Waals surface area (Å²) in [4.78, 5) is 36.4. The molecule has 0 saturated heterocycles. The second-order valence-corrected chi connectivity index (χ2v) is 5.49. The van der Waals surface area contributed by atoms with Crippen LogP contribution >= 0.6 is 0 Å². The van der Waals surface area contributed by atoms with Crippen LogP contribution in [0.1, 0.15) is 15.9 Å². The lowest BCUT2D eigenvalue weighted by Gasteiger charge is -2.12. The molecule has 2 rings (SSSR count). The number of benzene rings is 2. The molecule has 0 bridgehead atoms. The molecule has 27 heavy (non-hydrogen) atoms. The minimum absolute atomic E-state index is 0.137. The molecule has 0 aliphatic heterocycles. The Bertz CT molecular complexity index is 849. The van der Waals surface area contributed by atoms with Gasteiger partial charge in [-0.1, -0.05) is 36.4 Å². The van der Waals surface area contributed by atoms with Crippen molar-refractivity contribution in [3.05, 3.63) is 72.3 Å². The van der Waals surface area contributed by atoms with Gasteiger partial charge in [0.05, 0.1) is 18.4 Å². The van der Waals surface area contributed by atoms with Crippen LogP contribution < -0.4 is 20.7 Å². The number of ether oxygens (including phenoxy) is 1. The van der Waals surface area contributed by atoms with Gasteiger partial charge in [0.15, 0.2) is 0 Å². The molecule has 7 nitrogen and oxygen atoms in total. The van der Waals surface area contributed by atoms with E-state index >= 15 is 0 Å². The van der Waals surface area contributed by atoms with Gasteiger partial charge in [-0.15, -0.1) is 6.58 Å². The Hall–Kier alpha value is -3.61. The lowest BCUT2D eigenvalue weighted by Crippen LogP contribution is -2.35. The highest BCUT2D eigenvalue weighted by atomic mass is 16.5. The topological polar surface area (TPSA) is 96.5 Å². The normalized spacial score (nSPS) is 9.81. The summed E-state index contributed by atoms with van der Waals surface area (Å²) < 4.78 is 5.20. The fourth-order valence-corrected chi connectivity index (χ4v) is 2.33. The molecule has 0 saturated carbocycles. The van der Waals surface area contributed by atoms with E-state index in [1.165, 1.54) is 7.11 Å². The third-order valence-corrected chi connectivity index (χ3v) is 3.66. The van der Waals surface area contributed by atoms with Crippen LogP contribution in [-0.4, -0.2) is 31.4 Å². The number of carbonyl (C=O) groups is 3. The van der Waals surface area contributed by atoms with Crippen LogP contribution in [0.3, 0.4) is 0 Å². The second kappa shape index (κ2) is 9.76. The highest BCUT2D eigenvalue weighted by Crippen LogP contribution is 2.17. The zero-order chi connectivity index (χ0) is 19.6. The molecule has 0 radical (unpaired) electrons. The number of hydrogen-bond acceptors (Lipinski definition) is 4. The molecule has 0 aliphatic carbocycles. The maximum atomic E-state index is 12.2. The SMILES string of the molecule is C=CCNC(=O)c1ccccc1NC(=O)C(=O)NCc1ccccc1OC. The van der Waals surface area contributed by atoms with Crippen LogP contribution in [0.15, 0.2) is 61.2 Å². The van der Waals surface area contributed by atoms with Gasteiger partial charge in [-0.3, -0.25) is 14.4 Å². The smallest absolute Gasteiger partial charge is 0.313 e. The molecule has 140 valence electrons. The largest absolute Gasteiger partial charge is 0.496 e. The van der Waals surface area contributed by atoms with Gasteiger partial charge >= 0.3 is 11.8 Å². The number of para-hydroxylation sites is 2.